The van der Waals surface area contributed by atoms with Crippen LogP contribution in [0.3, 0.4) is 0 Å². The first-order valence-corrected chi connectivity index (χ1v) is 9.94. The zero-order valence-corrected chi connectivity index (χ0v) is 17.2. The van der Waals surface area contributed by atoms with Gasteiger partial charge in [0.2, 0.25) is 5.88 Å². The second-order valence-electron chi connectivity index (χ2n) is 7.30. The van der Waals surface area contributed by atoms with Crippen LogP contribution < -0.4 is 9.47 Å². The highest BCUT2D eigenvalue weighted by Crippen LogP contribution is 2.33. The number of alkyl halides is 3. The van der Waals surface area contributed by atoms with Gasteiger partial charge in [-0.2, -0.15) is 13.2 Å². The zero-order valence-electron chi connectivity index (χ0n) is 17.2. The molecule has 1 saturated heterocycles. The number of ether oxygens (including phenoxy) is 2. The van der Waals surface area contributed by atoms with Crippen LogP contribution in [0.25, 0.3) is 0 Å². The molecule has 3 rings (SSSR count). The van der Waals surface area contributed by atoms with E-state index in [4.69, 9.17) is 9.47 Å². The van der Waals surface area contributed by atoms with E-state index in [1.165, 1.54) is 6.07 Å². The zero-order chi connectivity index (χ0) is 21.9. The van der Waals surface area contributed by atoms with Gasteiger partial charge in [0.1, 0.15) is 17.5 Å². The summed E-state index contributed by atoms with van der Waals surface area (Å²) in [5.41, 5.74) is 0.383. The van der Waals surface area contributed by atoms with Crippen LogP contribution >= 0.6 is 0 Å². The van der Waals surface area contributed by atoms with E-state index >= 15 is 0 Å². The fraction of sp³-hybridized carbons (Fsp3) is 0.524. The lowest BCUT2D eigenvalue weighted by atomic mass is 9.99. The van der Waals surface area contributed by atoms with Crippen molar-refractivity contribution in [2.24, 2.45) is 0 Å². The number of pyridine rings is 2. The summed E-state index contributed by atoms with van der Waals surface area (Å²) in [6.45, 7) is 6.69. The van der Waals surface area contributed by atoms with Crippen LogP contribution in [0.4, 0.5) is 13.2 Å². The average Bonchev–Trinajstić information content (AvgIpc) is 2.70. The topological polar surface area (TPSA) is 67.7 Å². The van der Waals surface area contributed by atoms with Crippen LogP contribution in [0, 0.1) is 6.92 Å². The summed E-state index contributed by atoms with van der Waals surface area (Å²) in [5.74, 6) is 0.648. The lowest BCUT2D eigenvalue weighted by Gasteiger charge is -2.41. The summed E-state index contributed by atoms with van der Waals surface area (Å²) in [6, 6.07) is 5.57. The van der Waals surface area contributed by atoms with Gasteiger partial charge in [-0.3, -0.25) is 9.88 Å². The SMILES string of the molecule is CCOc1ccc(C)nc1C(O)N1CCCC(Oc2ccc(C(F)(F)F)cn2)C1C. The summed E-state index contributed by atoms with van der Waals surface area (Å²) in [7, 11) is 0. The molecule has 3 atom stereocenters. The van der Waals surface area contributed by atoms with Crippen LogP contribution in [0.5, 0.6) is 11.6 Å². The van der Waals surface area contributed by atoms with Crippen LogP contribution in [-0.4, -0.2) is 45.3 Å². The molecule has 6 nitrogen and oxygen atoms in total. The molecule has 1 fully saturated rings. The number of likely N-dealkylation sites (tertiary alicyclic amines) is 1. The van der Waals surface area contributed by atoms with Crippen molar-refractivity contribution in [1.82, 2.24) is 14.9 Å². The van der Waals surface area contributed by atoms with Crippen molar-refractivity contribution in [3.05, 3.63) is 47.4 Å². The van der Waals surface area contributed by atoms with E-state index < -0.39 is 18.0 Å². The Morgan fingerprint density at radius 1 is 1.27 bits per heavy atom. The molecule has 30 heavy (non-hydrogen) atoms. The molecular weight excluding hydrogens is 399 g/mol. The average molecular weight is 425 g/mol. The molecule has 0 saturated carbocycles. The second kappa shape index (κ2) is 9.18. The largest absolute Gasteiger partial charge is 0.492 e. The van der Waals surface area contributed by atoms with Crippen molar-refractivity contribution >= 4 is 0 Å². The molecule has 0 aromatic carbocycles. The summed E-state index contributed by atoms with van der Waals surface area (Å²) in [6.07, 6.45) is -3.55. The number of hydrogen-bond donors (Lipinski definition) is 1. The minimum Gasteiger partial charge on any atom is -0.492 e. The van der Waals surface area contributed by atoms with E-state index in [1.807, 2.05) is 31.7 Å². The van der Waals surface area contributed by atoms with Crippen molar-refractivity contribution < 1.29 is 27.8 Å². The van der Waals surface area contributed by atoms with E-state index in [2.05, 4.69) is 9.97 Å². The molecule has 2 aromatic heterocycles. The molecule has 2 aromatic rings. The van der Waals surface area contributed by atoms with E-state index in [9.17, 15) is 18.3 Å². The Balaban J connectivity index is 1.75. The maximum atomic E-state index is 12.7. The summed E-state index contributed by atoms with van der Waals surface area (Å²) >= 11 is 0. The highest BCUT2D eigenvalue weighted by atomic mass is 19.4. The molecule has 0 spiro atoms. The quantitative estimate of drug-likeness (QED) is 0.751. The van der Waals surface area contributed by atoms with Crippen molar-refractivity contribution in [2.45, 2.75) is 58.2 Å². The molecule has 1 aliphatic rings. The fourth-order valence-electron chi connectivity index (χ4n) is 3.59. The Kier molecular flexibility index (Phi) is 6.82. The van der Waals surface area contributed by atoms with Crippen molar-refractivity contribution in [1.29, 1.82) is 0 Å². The Hall–Kier alpha value is -2.39. The first-order valence-electron chi connectivity index (χ1n) is 9.94. The minimum absolute atomic E-state index is 0.125. The standard InChI is InChI=1S/C21H26F3N3O3/c1-4-29-17-9-7-13(2)26-19(17)20(28)27-11-5-6-16(14(27)3)30-18-10-8-15(12-25-18)21(22,23)24/h7-10,12,14,16,20,28H,4-6,11H2,1-3H3. The molecular formula is C21H26F3N3O3. The Bertz CT molecular complexity index is 846. The molecule has 164 valence electrons. The molecule has 0 aliphatic carbocycles. The minimum atomic E-state index is -4.44. The fourth-order valence-corrected chi connectivity index (χ4v) is 3.59. The van der Waals surface area contributed by atoms with Crippen molar-refractivity contribution in [3.63, 3.8) is 0 Å². The number of aliphatic hydroxyl groups is 1. The second-order valence-corrected chi connectivity index (χ2v) is 7.30. The van der Waals surface area contributed by atoms with Gasteiger partial charge < -0.3 is 14.6 Å². The van der Waals surface area contributed by atoms with Gasteiger partial charge >= 0.3 is 6.18 Å². The van der Waals surface area contributed by atoms with Crippen LogP contribution in [0.15, 0.2) is 30.5 Å². The first kappa shape index (κ1) is 22.3. The first-order chi connectivity index (χ1) is 14.2. The van der Waals surface area contributed by atoms with Gasteiger partial charge in [0, 0.05) is 30.5 Å². The van der Waals surface area contributed by atoms with E-state index in [-0.39, 0.29) is 18.0 Å². The molecule has 3 heterocycles. The third kappa shape index (κ3) is 5.02. The van der Waals surface area contributed by atoms with Gasteiger partial charge in [-0.25, -0.2) is 4.98 Å². The van der Waals surface area contributed by atoms with Gasteiger partial charge in [-0.05, 0) is 51.8 Å². The molecule has 0 bridgehead atoms. The van der Waals surface area contributed by atoms with Crippen LogP contribution in [0.1, 0.15) is 49.9 Å². The number of aromatic nitrogens is 2. The van der Waals surface area contributed by atoms with Gasteiger partial charge in [0.05, 0.1) is 12.2 Å². The maximum Gasteiger partial charge on any atom is 0.417 e. The number of aryl methyl sites for hydroxylation is 1. The third-order valence-corrected chi connectivity index (χ3v) is 5.19. The summed E-state index contributed by atoms with van der Waals surface area (Å²) in [5, 5.41) is 11.0. The predicted molar refractivity (Wildman–Crippen MR) is 104 cm³/mol. The van der Waals surface area contributed by atoms with E-state index in [1.54, 1.807) is 6.07 Å². The van der Waals surface area contributed by atoms with Gasteiger partial charge in [0.15, 0.2) is 6.23 Å². The lowest BCUT2D eigenvalue weighted by molar-refractivity contribution is -0.137. The lowest BCUT2D eigenvalue weighted by Crippen LogP contribution is -2.50. The Morgan fingerprint density at radius 2 is 2.03 bits per heavy atom. The summed E-state index contributed by atoms with van der Waals surface area (Å²) in [4.78, 5) is 10.1. The number of hydrogen-bond acceptors (Lipinski definition) is 6. The van der Waals surface area contributed by atoms with E-state index in [0.717, 1.165) is 24.4 Å². The predicted octanol–water partition coefficient (Wildman–Crippen LogP) is 4.13. The molecule has 3 unspecified atom stereocenters. The van der Waals surface area contributed by atoms with Gasteiger partial charge in [0.25, 0.3) is 0 Å². The number of halogens is 3. The number of aliphatic hydroxyl groups excluding tert-OH is 1. The third-order valence-electron chi connectivity index (χ3n) is 5.19. The molecule has 0 amide bonds. The van der Waals surface area contributed by atoms with Gasteiger partial charge in [-0.1, -0.05) is 0 Å². The number of rotatable bonds is 6. The van der Waals surface area contributed by atoms with Gasteiger partial charge in [-0.15, -0.1) is 0 Å². The highest BCUT2D eigenvalue weighted by Gasteiger charge is 2.36. The molecule has 1 aliphatic heterocycles. The van der Waals surface area contributed by atoms with Crippen molar-refractivity contribution in [3.8, 4) is 11.6 Å². The number of nitrogens with zero attached hydrogens (tertiary/aromatic N) is 3. The Labute approximate surface area is 173 Å². The van der Waals surface area contributed by atoms with E-state index in [0.29, 0.717) is 31.0 Å². The summed E-state index contributed by atoms with van der Waals surface area (Å²) < 4.78 is 49.7. The highest BCUT2D eigenvalue weighted by molar-refractivity contribution is 5.31. The maximum absolute atomic E-state index is 12.7. The van der Waals surface area contributed by atoms with Crippen molar-refractivity contribution in [2.75, 3.05) is 13.2 Å². The molecule has 0 radical (unpaired) electrons. The number of piperidine rings is 1. The Morgan fingerprint density at radius 3 is 2.67 bits per heavy atom. The monoisotopic (exact) mass is 425 g/mol. The smallest absolute Gasteiger partial charge is 0.417 e. The molecule has 1 N–H and O–H groups in total. The molecule has 9 heteroatoms. The normalized spacial score (nSPS) is 21.3. The van der Waals surface area contributed by atoms with Crippen LogP contribution in [-0.2, 0) is 6.18 Å². The van der Waals surface area contributed by atoms with Crippen LogP contribution in [0.2, 0.25) is 0 Å².